The van der Waals surface area contributed by atoms with Gasteiger partial charge in [-0.15, -0.1) is 11.8 Å². The first kappa shape index (κ1) is 14.4. The molecule has 112 valence electrons. The van der Waals surface area contributed by atoms with Crippen LogP contribution in [0.2, 0.25) is 0 Å². The Morgan fingerprint density at radius 3 is 3.00 bits per heavy atom. The van der Waals surface area contributed by atoms with Crippen LogP contribution in [0.3, 0.4) is 0 Å². The number of fused-ring (bicyclic) bond motifs is 1. The maximum Gasteiger partial charge on any atom is 0.328 e. The second kappa shape index (κ2) is 5.67. The topological polar surface area (TPSA) is 46.6 Å². The standard InChI is InChI=1S/C15H16FNO3S/c1-20-15(19)12-3-5-14(18)17(12)11-6-7-21-13-4-2-9(16)8-10(11)13/h2,4,8,11-12H,3,5-7H2,1H3. The molecule has 1 amide bonds. The molecule has 4 nitrogen and oxygen atoms in total. The molecule has 6 heteroatoms. The number of thioether (sulfide) groups is 1. The maximum atomic E-state index is 13.6. The number of ether oxygens (including phenoxy) is 1. The summed E-state index contributed by atoms with van der Waals surface area (Å²) in [5, 5.41) is 0. The normalized spacial score (nSPS) is 24.9. The molecule has 0 N–H and O–H groups in total. The van der Waals surface area contributed by atoms with Crippen LogP contribution in [0.5, 0.6) is 0 Å². The second-order valence-corrected chi connectivity index (χ2v) is 6.35. The van der Waals surface area contributed by atoms with E-state index in [4.69, 9.17) is 4.74 Å². The number of hydrogen-bond acceptors (Lipinski definition) is 4. The molecule has 1 fully saturated rings. The lowest BCUT2D eigenvalue weighted by molar-refractivity contribution is -0.151. The van der Waals surface area contributed by atoms with Gasteiger partial charge in [-0.3, -0.25) is 4.79 Å². The van der Waals surface area contributed by atoms with Gasteiger partial charge in [0.25, 0.3) is 0 Å². The summed E-state index contributed by atoms with van der Waals surface area (Å²) in [6.45, 7) is 0. The van der Waals surface area contributed by atoms with Crippen molar-refractivity contribution in [2.75, 3.05) is 12.9 Å². The first-order valence-electron chi connectivity index (χ1n) is 6.93. The Morgan fingerprint density at radius 1 is 1.43 bits per heavy atom. The van der Waals surface area contributed by atoms with Gasteiger partial charge in [0, 0.05) is 17.1 Å². The van der Waals surface area contributed by atoms with E-state index in [-0.39, 0.29) is 17.8 Å². The van der Waals surface area contributed by atoms with E-state index in [9.17, 15) is 14.0 Å². The Kier molecular flexibility index (Phi) is 3.89. The summed E-state index contributed by atoms with van der Waals surface area (Å²) in [6.07, 6.45) is 1.54. The van der Waals surface area contributed by atoms with Crippen LogP contribution in [-0.2, 0) is 14.3 Å². The third kappa shape index (κ3) is 2.52. The van der Waals surface area contributed by atoms with Crippen LogP contribution >= 0.6 is 11.8 Å². The number of likely N-dealkylation sites (tertiary alicyclic amines) is 1. The number of carbonyl (C=O) groups is 2. The highest BCUT2D eigenvalue weighted by molar-refractivity contribution is 7.99. The number of amides is 1. The van der Waals surface area contributed by atoms with Gasteiger partial charge in [0.1, 0.15) is 11.9 Å². The first-order valence-corrected chi connectivity index (χ1v) is 7.91. The van der Waals surface area contributed by atoms with E-state index >= 15 is 0 Å². The lowest BCUT2D eigenvalue weighted by atomic mass is 10.0. The summed E-state index contributed by atoms with van der Waals surface area (Å²) in [6, 6.07) is 3.86. The Bertz CT molecular complexity index is 592. The molecule has 1 aromatic carbocycles. The van der Waals surface area contributed by atoms with E-state index < -0.39 is 12.0 Å². The Hall–Kier alpha value is -1.56. The Labute approximate surface area is 126 Å². The fourth-order valence-corrected chi connectivity index (χ4v) is 4.18. The number of rotatable bonds is 2. The van der Waals surface area contributed by atoms with E-state index in [1.165, 1.54) is 19.2 Å². The number of halogens is 1. The van der Waals surface area contributed by atoms with Crippen molar-refractivity contribution in [3.8, 4) is 0 Å². The average molecular weight is 309 g/mol. The molecule has 0 aliphatic carbocycles. The number of esters is 1. The highest BCUT2D eigenvalue weighted by Gasteiger charge is 2.42. The third-order valence-corrected chi connectivity index (χ3v) is 5.17. The molecule has 2 aliphatic rings. The minimum Gasteiger partial charge on any atom is -0.467 e. The van der Waals surface area contributed by atoms with Crippen molar-refractivity contribution in [2.45, 2.75) is 36.2 Å². The maximum absolute atomic E-state index is 13.6. The molecule has 2 unspecified atom stereocenters. The van der Waals surface area contributed by atoms with Crippen molar-refractivity contribution in [1.82, 2.24) is 4.90 Å². The smallest absolute Gasteiger partial charge is 0.328 e. The Balaban J connectivity index is 1.98. The highest BCUT2D eigenvalue weighted by atomic mass is 32.2. The highest BCUT2D eigenvalue weighted by Crippen LogP contribution is 2.42. The molecule has 3 rings (SSSR count). The zero-order chi connectivity index (χ0) is 15.0. The predicted molar refractivity (Wildman–Crippen MR) is 76.4 cm³/mol. The fraction of sp³-hybridized carbons (Fsp3) is 0.467. The van der Waals surface area contributed by atoms with E-state index in [2.05, 4.69) is 0 Å². The van der Waals surface area contributed by atoms with Crippen molar-refractivity contribution in [1.29, 1.82) is 0 Å². The van der Waals surface area contributed by atoms with Crippen molar-refractivity contribution in [3.63, 3.8) is 0 Å². The van der Waals surface area contributed by atoms with Crippen molar-refractivity contribution in [2.24, 2.45) is 0 Å². The van der Waals surface area contributed by atoms with Crippen molar-refractivity contribution >= 4 is 23.6 Å². The third-order valence-electron chi connectivity index (χ3n) is 4.04. The predicted octanol–water partition coefficient (Wildman–Crippen LogP) is 2.53. The first-order chi connectivity index (χ1) is 10.1. The van der Waals surface area contributed by atoms with Crippen LogP contribution in [0.4, 0.5) is 4.39 Å². The van der Waals surface area contributed by atoms with Crippen LogP contribution in [0.15, 0.2) is 23.1 Å². The molecule has 1 aromatic rings. The van der Waals surface area contributed by atoms with Crippen LogP contribution in [-0.4, -0.2) is 35.7 Å². The van der Waals surface area contributed by atoms with Crippen molar-refractivity contribution < 1.29 is 18.7 Å². The zero-order valence-corrected chi connectivity index (χ0v) is 12.5. The minimum absolute atomic E-state index is 0.0579. The molecule has 2 atom stereocenters. The molecule has 21 heavy (non-hydrogen) atoms. The SMILES string of the molecule is COC(=O)C1CCC(=O)N1C1CCSc2ccc(F)cc21. The van der Waals surface area contributed by atoms with Crippen LogP contribution < -0.4 is 0 Å². The van der Waals surface area contributed by atoms with Gasteiger partial charge in [0.2, 0.25) is 5.91 Å². The lowest BCUT2D eigenvalue weighted by Crippen LogP contribution is -2.42. The monoisotopic (exact) mass is 309 g/mol. The summed E-state index contributed by atoms with van der Waals surface area (Å²) >= 11 is 1.66. The van der Waals surface area contributed by atoms with Gasteiger partial charge < -0.3 is 9.64 Å². The Morgan fingerprint density at radius 2 is 2.24 bits per heavy atom. The van der Waals surface area contributed by atoms with Gasteiger partial charge in [-0.1, -0.05) is 0 Å². The molecule has 0 saturated carbocycles. The number of carbonyl (C=O) groups excluding carboxylic acids is 2. The minimum atomic E-state index is -0.549. The van der Waals surface area contributed by atoms with E-state index in [1.54, 1.807) is 22.7 Å². The number of hydrogen-bond donors (Lipinski definition) is 0. The van der Waals surface area contributed by atoms with Crippen LogP contribution in [0.1, 0.15) is 30.9 Å². The summed E-state index contributed by atoms with van der Waals surface area (Å²) in [5.74, 6) is 0.0816. The quantitative estimate of drug-likeness (QED) is 0.788. The molecular formula is C15H16FNO3S. The van der Waals surface area contributed by atoms with E-state index in [0.29, 0.717) is 12.8 Å². The molecular weight excluding hydrogens is 293 g/mol. The van der Waals surface area contributed by atoms with Gasteiger partial charge in [0.05, 0.1) is 13.2 Å². The summed E-state index contributed by atoms with van der Waals surface area (Å²) in [4.78, 5) is 26.7. The molecule has 0 bridgehead atoms. The van der Waals surface area contributed by atoms with Crippen molar-refractivity contribution in [3.05, 3.63) is 29.6 Å². The second-order valence-electron chi connectivity index (χ2n) is 5.21. The lowest BCUT2D eigenvalue weighted by Gasteiger charge is -2.35. The van der Waals surface area contributed by atoms with E-state index in [1.807, 2.05) is 0 Å². The fourth-order valence-electron chi connectivity index (χ4n) is 3.10. The molecule has 1 saturated heterocycles. The molecule has 2 aliphatic heterocycles. The van der Waals surface area contributed by atoms with Gasteiger partial charge in [0.15, 0.2) is 0 Å². The van der Waals surface area contributed by atoms with Gasteiger partial charge in [-0.05, 0) is 36.6 Å². The molecule has 0 spiro atoms. The van der Waals surface area contributed by atoms with E-state index in [0.717, 1.165) is 22.6 Å². The van der Waals surface area contributed by atoms with Gasteiger partial charge in [-0.25, -0.2) is 9.18 Å². The summed E-state index contributed by atoms with van der Waals surface area (Å²) < 4.78 is 18.4. The zero-order valence-electron chi connectivity index (χ0n) is 11.7. The molecule has 2 heterocycles. The largest absolute Gasteiger partial charge is 0.467 e. The average Bonchev–Trinajstić information content (AvgIpc) is 2.87. The van der Waals surface area contributed by atoms with Gasteiger partial charge in [-0.2, -0.15) is 0 Å². The summed E-state index contributed by atoms with van der Waals surface area (Å²) in [7, 11) is 1.33. The summed E-state index contributed by atoms with van der Waals surface area (Å²) in [5.41, 5.74) is 0.801. The van der Waals surface area contributed by atoms with Crippen LogP contribution in [0, 0.1) is 5.82 Å². The number of methoxy groups -OCH3 is 1. The number of benzene rings is 1. The van der Waals surface area contributed by atoms with Gasteiger partial charge >= 0.3 is 5.97 Å². The molecule has 0 aromatic heterocycles. The number of nitrogens with zero attached hydrogens (tertiary/aromatic N) is 1. The molecule has 0 radical (unpaired) electrons. The van der Waals surface area contributed by atoms with Crippen LogP contribution in [0.25, 0.3) is 0 Å².